The maximum absolute atomic E-state index is 12.1. The highest BCUT2D eigenvalue weighted by Crippen LogP contribution is 2.27. The third-order valence-electron chi connectivity index (χ3n) is 2.63. The molecular weight excluding hydrogens is 292 g/mol. The van der Waals surface area contributed by atoms with Gasteiger partial charge in [-0.3, -0.25) is 4.79 Å². The molecule has 2 aromatic rings. The van der Waals surface area contributed by atoms with Crippen LogP contribution in [0.5, 0.6) is 11.5 Å². The monoisotopic (exact) mass is 302 g/mol. The SMILES string of the molecule is N#CCOc1ccccc1NC(=O)c1ccc(Cl)cc1O. The number of rotatable bonds is 4. The molecule has 0 aliphatic carbocycles. The molecule has 0 bridgehead atoms. The molecule has 1 amide bonds. The molecule has 2 rings (SSSR count). The zero-order valence-corrected chi connectivity index (χ0v) is 11.6. The molecule has 0 fully saturated rings. The van der Waals surface area contributed by atoms with Crippen LogP contribution < -0.4 is 10.1 Å². The zero-order chi connectivity index (χ0) is 15.2. The van der Waals surface area contributed by atoms with Crippen LogP contribution in [-0.2, 0) is 0 Å². The van der Waals surface area contributed by atoms with Gasteiger partial charge in [0.05, 0.1) is 11.3 Å². The smallest absolute Gasteiger partial charge is 0.259 e. The largest absolute Gasteiger partial charge is 0.507 e. The predicted octanol–water partition coefficient (Wildman–Crippen LogP) is 3.20. The van der Waals surface area contributed by atoms with Gasteiger partial charge in [-0.05, 0) is 30.3 Å². The number of phenols is 1. The molecule has 106 valence electrons. The summed E-state index contributed by atoms with van der Waals surface area (Å²) in [5, 5.41) is 21.2. The molecule has 2 N–H and O–H groups in total. The van der Waals surface area contributed by atoms with Gasteiger partial charge in [0.25, 0.3) is 5.91 Å². The van der Waals surface area contributed by atoms with Crippen molar-refractivity contribution in [1.29, 1.82) is 5.26 Å². The van der Waals surface area contributed by atoms with Gasteiger partial charge in [-0.1, -0.05) is 23.7 Å². The fraction of sp³-hybridized carbons (Fsp3) is 0.0667. The summed E-state index contributed by atoms with van der Waals surface area (Å²) in [5.41, 5.74) is 0.501. The third-order valence-corrected chi connectivity index (χ3v) is 2.87. The van der Waals surface area contributed by atoms with E-state index in [4.69, 9.17) is 21.6 Å². The second kappa shape index (κ2) is 6.64. The predicted molar refractivity (Wildman–Crippen MR) is 78.6 cm³/mol. The van der Waals surface area contributed by atoms with Gasteiger partial charge in [0, 0.05) is 5.02 Å². The lowest BCUT2D eigenvalue weighted by atomic mass is 10.2. The summed E-state index contributed by atoms with van der Waals surface area (Å²) in [6.45, 7) is -0.126. The number of phenolic OH excluding ortho intramolecular Hbond substituents is 1. The third kappa shape index (κ3) is 3.65. The fourth-order valence-corrected chi connectivity index (χ4v) is 1.86. The molecule has 0 spiro atoms. The highest BCUT2D eigenvalue weighted by molar-refractivity contribution is 6.31. The van der Waals surface area contributed by atoms with E-state index in [0.717, 1.165) is 0 Å². The van der Waals surface area contributed by atoms with Crippen molar-refractivity contribution in [3.63, 3.8) is 0 Å². The van der Waals surface area contributed by atoms with Crippen LogP contribution >= 0.6 is 11.6 Å². The molecule has 0 saturated carbocycles. The van der Waals surface area contributed by atoms with Gasteiger partial charge in [0.2, 0.25) is 0 Å². The van der Waals surface area contributed by atoms with E-state index in [2.05, 4.69) is 5.32 Å². The Morgan fingerprint density at radius 3 is 2.81 bits per heavy atom. The molecule has 5 nitrogen and oxygen atoms in total. The van der Waals surface area contributed by atoms with E-state index in [1.807, 2.05) is 6.07 Å². The second-order valence-corrected chi connectivity index (χ2v) is 4.49. The van der Waals surface area contributed by atoms with E-state index < -0.39 is 5.91 Å². The summed E-state index contributed by atoms with van der Waals surface area (Å²) >= 11 is 5.72. The number of carbonyl (C=O) groups is 1. The van der Waals surface area contributed by atoms with Gasteiger partial charge >= 0.3 is 0 Å². The van der Waals surface area contributed by atoms with E-state index >= 15 is 0 Å². The lowest BCUT2D eigenvalue weighted by Gasteiger charge is -2.11. The maximum atomic E-state index is 12.1. The highest BCUT2D eigenvalue weighted by atomic mass is 35.5. The number of nitrogens with zero attached hydrogens (tertiary/aromatic N) is 1. The number of nitriles is 1. The Morgan fingerprint density at radius 2 is 2.10 bits per heavy atom. The van der Waals surface area contributed by atoms with Crippen molar-refractivity contribution in [3.05, 3.63) is 53.1 Å². The number of benzene rings is 2. The van der Waals surface area contributed by atoms with Crippen LogP contribution in [0.15, 0.2) is 42.5 Å². The molecule has 0 atom stereocenters. The molecule has 0 aliphatic rings. The molecule has 6 heteroatoms. The fourth-order valence-electron chi connectivity index (χ4n) is 1.69. The number of aromatic hydroxyl groups is 1. The number of hydrogen-bond acceptors (Lipinski definition) is 4. The topological polar surface area (TPSA) is 82.3 Å². The normalized spacial score (nSPS) is 9.71. The average molecular weight is 303 g/mol. The van der Waals surface area contributed by atoms with Gasteiger partial charge in [0.15, 0.2) is 6.61 Å². The van der Waals surface area contributed by atoms with Crippen LogP contribution in [-0.4, -0.2) is 17.6 Å². The summed E-state index contributed by atoms with van der Waals surface area (Å²) in [4.78, 5) is 12.1. The van der Waals surface area contributed by atoms with Crippen LogP contribution in [0.4, 0.5) is 5.69 Å². The first-order chi connectivity index (χ1) is 10.1. The van der Waals surface area contributed by atoms with E-state index in [9.17, 15) is 9.90 Å². The molecule has 0 heterocycles. The minimum atomic E-state index is -0.503. The highest BCUT2D eigenvalue weighted by Gasteiger charge is 2.13. The number of ether oxygens (including phenoxy) is 1. The first-order valence-electron chi connectivity index (χ1n) is 6.00. The first kappa shape index (κ1) is 14.7. The minimum Gasteiger partial charge on any atom is -0.507 e. The molecule has 0 radical (unpaired) electrons. The number of anilines is 1. The average Bonchev–Trinajstić information content (AvgIpc) is 2.46. The summed E-state index contributed by atoms with van der Waals surface area (Å²) in [6, 6.07) is 12.8. The Balaban J connectivity index is 2.22. The minimum absolute atomic E-state index is 0.0921. The summed E-state index contributed by atoms with van der Waals surface area (Å²) in [7, 11) is 0. The van der Waals surface area contributed by atoms with Crippen LogP contribution in [0.25, 0.3) is 0 Å². The van der Waals surface area contributed by atoms with Gasteiger partial charge in [-0.2, -0.15) is 5.26 Å². The van der Waals surface area contributed by atoms with E-state index in [0.29, 0.717) is 16.5 Å². The molecule has 0 aromatic heterocycles. The Kier molecular flexibility index (Phi) is 4.64. The van der Waals surface area contributed by atoms with Crippen LogP contribution in [0.3, 0.4) is 0 Å². The van der Waals surface area contributed by atoms with Crippen molar-refractivity contribution < 1.29 is 14.6 Å². The van der Waals surface area contributed by atoms with Crippen molar-refractivity contribution >= 4 is 23.2 Å². The van der Waals surface area contributed by atoms with Gasteiger partial charge in [-0.25, -0.2) is 0 Å². The van der Waals surface area contributed by atoms with E-state index in [1.54, 1.807) is 24.3 Å². The number of amides is 1. The number of nitrogens with one attached hydrogen (secondary N) is 1. The Hall–Kier alpha value is -2.71. The first-order valence-corrected chi connectivity index (χ1v) is 6.38. The van der Waals surface area contributed by atoms with Crippen molar-refractivity contribution in [2.75, 3.05) is 11.9 Å². The molecule has 0 aliphatic heterocycles. The quantitative estimate of drug-likeness (QED) is 0.908. The number of carbonyl (C=O) groups excluding carboxylic acids is 1. The van der Waals surface area contributed by atoms with Crippen molar-refractivity contribution in [2.45, 2.75) is 0 Å². The van der Waals surface area contributed by atoms with Crippen molar-refractivity contribution in [3.8, 4) is 17.6 Å². The maximum Gasteiger partial charge on any atom is 0.259 e. The van der Waals surface area contributed by atoms with Crippen LogP contribution in [0.1, 0.15) is 10.4 Å². The van der Waals surface area contributed by atoms with Crippen LogP contribution in [0.2, 0.25) is 5.02 Å². The molecule has 0 unspecified atom stereocenters. The van der Waals surface area contributed by atoms with Crippen LogP contribution in [0, 0.1) is 11.3 Å². The van der Waals surface area contributed by atoms with Gasteiger partial charge in [-0.15, -0.1) is 0 Å². The van der Waals surface area contributed by atoms with Gasteiger partial charge in [0.1, 0.15) is 17.6 Å². The molecular formula is C15H11ClN2O3. The second-order valence-electron chi connectivity index (χ2n) is 4.06. The number of halogens is 1. The Morgan fingerprint density at radius 1 is 1.33 bits per heavy atom. The van der Waals surface area contributed by atoms with E-state index in [-0.39, 0.29) is 17.9 Å². The summed E-state index contributed by atoms with van der Waals surface area (Å²) in [6.07, 6.45) is 0. The molecule has 2 aromatic carbocycles. The standard InChI is InChI=1S/C15H11ClN2O3/c16-10-5-6-11(13(19)9-10)15(20)18-12-3-1-2-4-14(12)21-8-7-17/h1-6,9,19H,8H2,(H,18,20). The number of hydrogen-bond donors (Lipinski definition) is 2. The zero-order valence-electron chi connectivity index (χ0n) is 10.8. The molecule has 0 saturated heterocycles. The summed E-state index contributed by atoms with van der Waals surface area (Å²) in [5.74, 6) is -0.339. The van der Waals surface area contributed by atoms with Gasteiger partial charge < -0.3 is 15.2 Å². The molecule has 21 heavy (non-hydrogen) atoms. The van der Waals surface area contributed by atoms with E-state index in [1.165, 1.54) is 18.2 Å². The lowest BCUT2D eigenvalue weighted by Crippen LogP contribution is -2.13. The number of para-hydroxylation sites is 2. The Bertz CT molecular complexity index is 710. The van der Waals surface area contributed by atoms with Crippen molar-refractivity contribution in [1.82, 2.24) is 0 Å². The Labute approximate surface area is 126 Å². The lowest BCUT2D eigenvalue weighted by molar-refractivity contribution is 0.102. The summed E-state index contributed by atoms with van der Waals surface area (Å²) < 4.78 is 5.21. The van der Waals surface area contributed by atoms with Crippen molar-refractivity contribution in [2.24, 2.45) is 0 Å².